The van der Waals surface area contributed by atoms with Gasteiger partial charge in [-0.15, -0.1) is 0 Å². The molecule has 100 valence electrons. The summed E-state index contributed by atoms with van der Waals surface area (Å²) >= 11 is 0. The largest absolute Gasteiger partial charge is 0.399 e. The number of nitriles is 1. The predicted molar refractivity (Wildman–Crippen MR) is 79.4 cm³/mol. The summed E-state index contributed by atoms with van der Waals surface area (Å²) in [5.74, 6) is -0.241. The van der Waals surface area contributed by atoms with E-state index >= 15 is 0 Å². The van der Waals surface area contributed by atoms with Crippen molar-refractivity contribution >= 4 is 17.3 Å². The van der Waals surface area contributed by atoms with Crippen molar-refractivity contribution in [2.45, 2.75) is 13.8 Å². The fourth-order valence-corrected chi connectivity index (χ4v) is 1.84. The van der Waals surface area contributed by atoms with Crippen LogP contribution < -0.4 is 11.1 Å². The van der Waals surface area contributed by atoms with Crippen LogP contribution in [0.5, 0.6) is 0 Å². The van der Waals surface area contributed by atoms with Crippen LogP contribution in [0.4, 0.5) is 11.4 Å². The quantitative estimate of drug-likeness (QED) is 0.819. The highest BCUT2D eigenvalue weighted by Gasteiger charge is 2.10. The molecule has 4 heteroatoms. The molecule has 0 heterocycles. The normalized spacial score (nSPS) is 9.85. The molecule has 0 fully saturated rings. The third-order valence-electron chi connectivity index (χ3n) is 3.18. The number of carbonyl (C=O) groups is 1. The molecule has 0 aliphatic carbocycles. The van der Waals surface area contributed by atoms with Gasteiger partial charge >= 0.3 is 0 Å². The Morgan fingerprint density at radius 3 is 2.55 bits per heavy atom. The second-order valence-corrected chi connectivity index (χ2v) is 4.67. The predicted octanol–water partition coefficient (Wildman–Crippen LogP) is 3.01. The molecule has 2 aromatic carbocycles. The van der Waals surface area contributed by atoms with E-state index in [9.17, 15) is 4.79 Å². The van der Waals surface area contributed by atoms with Crippen LogP contribution in [0.15, 0.2) is 36.4 Å². The van der Waals surface area contributed by atoms with Crippen molar-refractivity contribution in [3.63, 3.8) is 0 Å². The maximum atomic E-state index is 12.2. The van der Waals surface area contributed by atoms with Crippen molar-refractivity contribution in [3.05, 3.63) is 58.7 Å². The molecule has 2 aromatic rings. The number of hydrogen-bond acceptors (Lipinski definition) is 3. The van der Waals surface area contributed by atoms with E-state index in [-0.39, 0.29) is 5.91 Å². The molecule has 2 rings (SSSR count). The average Bonchev–Trinajstić information content (AvgIpc) is 2.43. The van der Waals surface area contributed by atoms with Crippen molar-refractivity contribution in [2.75, 3.05) is 11.1 Å². The highest BCUT2D eigenvalue weighted by Crippen LogP contribution is 2.19. The van der Waals surface area contributed by atoms with Gasteiger partial charge in [-0.3, -0.25) is 4.79 Å². The van der Waals surface area contributed by atoms with Gasteiger partial charge in [-0.2, -0.15) is 5.26 Å². The Balaban J connectivity index is 2.28. The van der Waals surface area contributed by atoms with E-state index in [4.69, 9.17) is 11.0 Å². The van der Waals surface area contributed by atoms with Crippen molar-refractivity contribution in [1.29, 1.82) is 5.26 Å². The lowest BCUT2D eigenvalue weighted by Gasteiger charge is -2.09. The summed E-state index contributed by atoms with van der Waals surface area (Å²) < 4.78 is 0. The first-order valence-electron chi connectivity index (χ1n) is 6.19. The first-order valence-corrected chi connectivity index (χ1v) is 6.19. The number of nitrogens with one attached hydrogen (secondary N) is 1. The van der Waals surface area contributed by atoms with Gasteiger partial charge in [0.25, 0.3) is 5.91 Å². The number of anilines is 2. The maximum absolute atomic E-state index is 12.2. The zero-order valence-electron chi connectivity index (χ0n) is 11.4. The van der Waals surface area contributed by atoms with Gasteiger partial charge in [0.2, 0.25) is 0 Å². The van der Waals surface area contributed by atoms with Gasteiger partial charge in [0, 0.05) is 11.3 Å². The van der Waals surface area contributed by atoms with Crippen LogP contribution in [-0.4, -0.2) is 5.91 Å². The minimum atomic E-state index is -0.241. The number of nitrogen functional groups attached to an aromatic ring is 1. The van der Waals surface area contributed by atoms with E-state index in [1.54, 1.807) is 18.2 Å². The molecule has 0 aliphatic heterocycles. The average molecular weight is 265 g/mol. The number of hydrogen-bond donors (Lipinski definition) is 2. The van der Waals surface area contributed by atoms with Gasteiger partial charge in [-0.05, 0) is 55.3 Å². The van der Waals surface area contributed by atoms with E-state index in [2.05, 4.69) is 5.32 Å². The molecule has 1 amide bonds. The van der Waals surface area contributed by atoms with E-state index in [0.717, 1.165) is 11.1 Å². The molecule has 20 heavy (non-hydrogen) atoms. The van der Waals surface area contributed by atoms with Crippen LogP contribution in [0.25, 0.3) is 0 Å². The molecular weight excluding hydrogens is 250 g/mol. The number of amides is 1. The van der Waals surface area contributed by atoms with Gasteiger partial charge < -0.3 is 11.1 Å². The Labute approximate surface area is 117 Å². The van der Waals surface area contributed by atoms with Gasteiger partial charge in [-0.1, -0.05) is 6.07 Å². The molecule has 0 unspecified atom stereocenters. The van der Waals surface area contributed by atoms with Gasteiger partial charge in [-0.25, -0.2) is 0 Å². The van der Waals surface area contributed by atoms with Crippen LogP contribution in [0, 0.1) is 25.2 Å². The minimum Gasteiger partial charge on any atom is -0.399 e. The number of nitrogens with two attached hydrogens (primary N) is 1. The fourth-order valence-electron chi connectivity index (χ4n) is 1.84. The smallest absolute Gasteiger partial charge is 0.255 e. The molecule has 0 saturated carbocycles. The molecule has 0 spiro atoms. The summed E-state index contributed by atoms with van der Waals surface area (Å²) in [5.41, 5.74) is 9.67. The van der Waals surface area contributed by atoms with Gasteiger partial charge in [0.1, 0.15) is 6.07 Å². The topological polar surface area (TPSA) is 78.9 Å². The van der Waals surface area contributed by atoms with Crippen LogP contribution in [0.3, 0.4) is 0 Å². The molecule has 0 radical (unpaired) electrons. The van der Waals surface area contributed by atoms with Crippen molar-refractivity contribution < 1.29 is 4.79 Å². The second-order valence-electron chi connectivity index (χ2n) is 4.67. The number of rotatable bonds is 2. The van der Waals surface area contributed by atoms with Crippen molar-refractivity contribution in [2.24, 2.45) is 0 Å². The van der Waals surface area contributed by atoms with E-state index in [1.165, 1.54) is 6.07 Å². The van der Waals surface area contributed by atoms with E-state index in [1.807, 2.05) is 32.0 Å². The monoisotopic (exact) mass is 265 g/mol. The summed E-state index contributed by atoms with van der Waals surface area (Å²) in [4.78, 5) is 12.2. The molecule has 0 bridgehead atoms. The zero-order valence-corrected chi connectivity index (χ0v) is 11.4. The molecule has 3 N–H and O–H groups in total. The summed E-state index contributed by atoms with van der Waals surface area (Å²) in [6, 6.07) is 12.3. The molecule has 0 atom stereocenters. The number of aryl methyl sites for hydroxylation is 2. The standard InChI is InChI=1S/C16H15N3O/c1-10-3-4-12(7-11(10)2)16(20)19-15-6-5-14(18)8-13(15)9-17/h3-8H,18H2,1-2H3,(H,19,20). The second kappa shape index (κ2) is 5.45. The Kier molecular flexibility index (Phi) is 3.72. The zero-order chi connectivity index (χ0) is 14.7. The first kappa shape index (κ1) is 13.6. The maximum Gasteiger partial charge on any atom is 0.255 e. The minimum absolute atomic E-state index is 0.241. The highest BCUT2D eigenvalue weighted by atomic mass is 16.1. The Morgan fingerprint density at radius 1 is 1.15 bits per heavy atom. The highest BCUT2D eigenvalue weighted by molar-refractivity contribution is 6.05. The number of benzene rings is 2. The molecule has 0 saturated heterocycles. The van der Waals surface area contributed by atoms with E-state index in [0.29, 0.717) is 22.5 Å². The molecular formula is C16H15N3O. The summed E-state index contributed by atoms with van der Waals surface area (Å²) in [5, 5.41) is 11.8. The van der Waals surface area contributed by atoms with Crippen LogP contribution in [-0.2, 0) is 0 Å². The van der Waals surface area contributed by atoms with Crippen LogP contribution >= 0.6 is 0 Å². The number of nitrogens with zero attached hydrogens (tertiary/aromatic N) is 1. The Bertz CT molecular complexity index is 714. The molecule has 4 nitrogen and oxygen atoms in total. The Morgan fingerprint density at radius 2 is 1.90 bits per heavy atom. The number of carbonyl (C=O) groups excluding carboxylic acids is 1. The van der Waals surface area contributed by atoms with Gasteiger partial charge in [0.15, 0.2) is 0 Å². The molecule has 0 aliphatic rings. The SMILES string of the molecule is Cc1ccc(C(=O)Nc2ccc(N)cc2C#N)cc1C. The molecule has 0 aromatic heterocycles. The van der Waals surface area contributed by atoms with Crippen LogP contribution in [0.2, 0.25) is 0 Å². The fraction of sp³-hybridized carbons (Fsp3) is 0.125. The van der Waals surface area contributed by atoms with Gasteiger partial charge in [0.05, 0.1) is 11.3 Å². The van der Waals surface area contributed by atoms with Crippen molar-refractivity contribution in [1.82, 2.24) is 0 Å². The lowest BCUT2D eigenvalue weighted by atomic mass is 10.1. The summed E-state index contributed by atoms with van der Waals surface area (Å²) in [6.45, 7) is 3.95. The summed E-state index contributed by atoms with van der Waals surface area (Å²) in [7, 11) is 0. The lowest BCUT2D eigenvalue weighted by Crippen LogP contribution is -2.13. The van der Waals surface area contributed by atoms with Crippen LogP contribution in [0.1, 0.15) is 27.0 Å². The first-order chi connectivity index (χ1) is 9.51. The Hall–Kier alpha value is -2.80. The van der Waals surface area contributed by atoms with E-state index < -0.39 is 0 Å². The van der Waals surface area contributed by atoms with Crippen molar-refractivity contribution in [3.8, 4) is 6.07 Å². The lowest BCUT2D eigenvalue weighted by molar-refractivity contribution is 0.102. The third kappa shape index (κ3) is 2.78. The third-order valence-corrected chi connectivity index (χ3v) is 3.18. The summed E-state index contributed by atoms with van der Waals surface area (Å²) in [6.07, 6.45) is 0.